The lowest BCUT2D eigenvalue weighted by atomic mass is 9.91. The van der Waals surface area contributed by atoms with Crippen molar-refractivity contribution in [1.29, 1.82) is 0 Å². The lowest BCUT2D eigenvalue weighted by Crippen LogP contribution is -2.28. The number of aryl methyl sites for hydroxylation is 1. The second kappa shape index (κ2) is 4.49. The van der Waals surface area contributed by atoms with Crippen molar-refractivity contribution < 1.29 is 0 Å². The van der Waals surface area contributed by atoms with Gasteiger partial charge in [-0.25, -0.2) is 0 Å². The summed E-state index contributed by atoms with van der Waals surface area (Å²) in [6.07, 6.45) is 5.80. The van der Waals surface area contributed by atoms with Crippen LogP contribution in [0.15, 0.2) is 24.4 Å². The Bertz CT molecular complexity index is 509. The van der Waals surface area contributed by atoms with Gasteiger partial charge < -0.3 is 5.32 Å². The fourth-order valence-electron chi connectivity index (χ4n) is 2.76. The molecule has 0 spiro atoms. The molecule has 0 saturated carbocycles. The van der Waals surface area contributed by atoms with Crippen molar-refractivity contribution in [1.82, 2.24) is 15.1 Å². The predicted octanol–water partition coefficient (Wildman–Crippen LogP) is 2.12. The fraction of sp³-hybridized carbons (Fsp3) is 0.500. The normalized spacial score (nSPS) is 17.7. The minimum Gasteiger partial charge on any atom is -0.317 e. The zero-order valence-corrected chi connectivity index (χ0v) is 10.3. The minimum absolute atomic E-state index is 0.852. The molecule has 0 aliphatic carbocycles. The van der Waals surface area contributed by atoms with E-state index >= 15 is 0 Å². The Balaban J connectivity index is 1.80. The summed E-state index contributed by atoms with van der Waals surface area (Å²) in [5.41, 5.74) is 2.68. The number of rotatable bonds is 2. The molecule has 0 unspecified atom stereocenters. The number of hydrogen-bond donors (Lipinski definition) is 1. The van der Waals surface area contributed by atoms with Crippen LogP contribution in [0.5, 0.6) is 0 Å². The summed E-state index contributed by atoms with van der Waals surface area (Å²) in [5, 5.41) is 8.97. The van der Waals surface area contributed by atoms with Crippen molar-refractivity contribution in [2.24, 2.45) is 13.0 Å². The van der Waals surface area contributed by atoms with Gasteiger partial charge in [-0.2, -0.15) is 5.10 Å². The number of aromatic nitrogens is 2. The number of fused-ring (bicyclic) bond motifs is 1. The molecule has 90 valence electrons. The monoisotopic (exact) mass is 229 g/mol. The summed E-state index contributed by atoms with van der Waals surface area (Å²) >= 11 is 0. The van der Waals surface area contributed by atoms with Gasteiger partial charge in [-0.05, 0) is 56.0 Å². The molecule has 0 amide bonds. The summed E-state index contributed by atoms with van der Waals surface area (Å²) in [6, 6.07) is 6.75. The molecule has 1 aliphatic rings. The van der Waals surface area contributed by atoms with Crippen LogP contribution in [-0.2, 0) is 13.5 Å². The molecule has 2 aromatic rings. The average molecular weight is 229 g/mol. The van der Waals surface area contributed by atoms with Crippen molar-refractivity contribution in [2.75, 3.05) is 13.1 Å². The van der Waals surface area contributed by atoms with E-state index in [9.17, 15) is 0 Å². The van der Waals surface area contributed by atoms with E-state index in [0.29, 0.717) is 0 Å². The molecule has 1 saturated heterocycles. The molecule has 1 aromatic carbocycles. The summed E-state index contributed by atoms with van der Waals surface area (Å²) in [4.78, 5) is 0. The third kappa shape index (κ3) is 2.20. The van der Waals surface area contributed by atoms with Crippen molar-refractivity contribution in [3.63, 3.8) is 0 Å². The van der Waals surface area contributed by atoms with Crippen LogP contribution in [0.3, 0.4) is 0 Å². The summed E-state index contributed by atoms with van der Waals surface area (Å²) in [5.74, 6) is 0.852. The van der Waals surface area contributed by atoms with Gasteiger partial charge in [0.2, 0.25) is 0 Å². The maximum absolute atomic E-state index is 4.29. The number of nitrogens with one attached hydrogen (secondary N) is 1. The van der Waals surface area contributed by atoms with E-state index < -0.39 is 0 Å². The average Bonchev–Trinajstić information content (AvgIpc) is 2.72. The molecular weight excluding hydrogens is 210 g/mol. The van der Waals surface area contributed by atoms with Crippen LogP contribution in [0.4, 0.5) is 0 Å². The highest BCUT2D eigenvalue weighted by molar-refractivity contribution is 5.79. The standard InChI is InChI=1S/C14H19N3/c1-17-14-3-2-12(9-13(14)10-16-17)8-11-4-6-15-7-5-11/h2-3,9-11,15H,4-8H2,1H3. The number of benzene rings is 1. The summed E-state index contributed by atoms with van der Waals surface area (Å²) in [6.45, 7) is 2.36. The number of piperidine rings is 1. The molecule has 1 N–H and O–H groups in total. The Labute approximate surface area is 102 Å². The van der Waals surface area contributed by atoms with Gasteiger partial charge in [0.25, 0.3) is 0 Å². The van der Waals surface area contributed by atoms with Crippen molar-refractivity contribution in [3.8, 4) is 0 Å². The third-order valence-electron chi connectivity index (χ3n) is 3.79. The first-order valence-corrected chi connectivity index (χ1v) is 6.44. The molecule has 1 fully saturated rings. The quantitative estimate of drug-likeness (QED) is 0.855. The van der Waals surface area contributed by atoms with Crippen molar-refractivity contribution in [2.45, 2.75) is 19.3 Å². The highest BCUT2D eigenvalue weighted by Crippen LogP contribution is 2.21. The van der Waals surface area contributed by atoms with E-state index in [1.807, 2.05) is 17.9 Å². The van der Waals surface area contributed by atoms with Gasteiger partial charge in [-0.15, -0.1) is 0 Å². The van der Waals surface area contributed by atoms with Crippen LogP contribution < -0.4 is 5.32 Å². The molecular formula is C14H19N3. The second-order valence-electron chi connectivity index (χ2n) is 5.06. The van der Waals surface area contributed by atoms with Crippen molar-refractivity contribution in [3.05, 3.63) is 30.0 Å². The lowest BCUT2D eigenvalue weighted by Gasteiger charge is -2.22. The molecule has 1 aliphatic heterocycles. The first kappa shape index (κ1) is 10.8. The Morgan fingerprint density at radius 3 is 3.00 bits per heavy atom. The zero-order chi connectivity index (χ0) is 11.7. The Kier molecular flexibility index (Phi) is 2.85. The van der Waals surface area contributed by atoms with Crippen LogP contribution >= 0.6 is 0 Å². The first-order chi connectivity index (χ1) is 8.33. The molecule has 3 heteroatoms. The molecule has 0 bridgehead atoms. The number of hydrogen-bond acceptors (Lipinski definition) is 2. The van der Waals surface area contributed by atoms with E-state index in [-0.39, 0.29) is 0 Å². The minimum atomic E-state index is 0.852. The first-order valence-electron chi connectivity index (χ1n) is 6.44. The van der Waals surface area contributed by atoms with Gasteiger partial charge in [0.05, 0.1) is 11.7 Å². The summed E-state index contributed by atoms with van der Waals surface area (Å²) < 4.78 is 1.93. The molecule has 3 nitrogen and oxygen atoms in total. The molecule has 3 rings (SSSR count). The fourth-order valence-corrected chi connectivity index (χ4v) is 2.76. The van der Waals surface area contributed by atoms with Gasteiger partial charge in [-0.1, -0.05) is 6.07 Å². The van der Waals surface area contributed by atoms with E-state index in [0.717, 1.165) is 5.92 Å². The molecule has 2 heterocycles. The molecule has 0 atom stereocenters. The molecule has 1 aromatic heterocycles. The zero-order valence-electron chi connectivity index (χ0n) is 10.3. The third-order valence-corrected chi connectivity index (χ3v) is 3.79. The maximum Gasteiger partial charge on any atom is 0.0679 e. The Morgan fingerprint density at radius 1 is 1.35 bits per heavy atom. The van der Waals surface area contributed by atoms with Crippen LogP contribution in [0.2, 0.25) is 0 Å². The van der Waals surface area contributed by atoms with Crippen LogP contribution in [-0.4, -0.2) is 22.9 Å². The van der Waals surface area contributed by atoms with E-state index in [1.54, 1.807) is 0 Å². The topological polar surface area (TPSA) is 29.9 Å². The predicted molar refractivity (Wildman–Crippen MR) is 70.0 cm³/mol. The van der Waals surface area contributed by atoms with Crippen LogP contribution in [0.25, 0.3) is 10.9 Å². The van der Waals surface area contributed by atoms with Gasteiger partial charge in [0.1, 0.15) is 0 Å². The van der Waals surface area contributed by atoms with Gasteiger partial charge in [-0.3, -0.25) is 4.68 Å². The van der Waals surface area contributed by atoms with E-state index in [4.69, 9.17) is 0 Å². The van der Waals surface area contributed by atoms with Gasteiger partial charge in [0.15, 0.2) is 0 Å². The van der Waals surface area contributed by atoms with Gasteiger partial charge >= 0.3 is 0 Å². The van der Waals surface area contributed by atoms with Crippen LogP contribution in [0, 0.1) is 5.92 Å². The van der Waals surface area contributed by atoms with Crippen molar-refractivity contribution >= 4 is 10.9 Å². The molecule has 17 heavy (non-hydrogen) atoms. The summed E-state index contributed by atoms with van der Waals surface area (Å²) in [7, 11) is 1.99. The molecule has 0 radical (unpaired) electrons. The van der Waals surface area contributed by atoms with E-state index in [1.165, 1.54) is 48.8 Å². The lowest BCUT2D eigenvalue weighted by molar-refractivity contribution is 0.373. The number of nitrogens with zero attached hydrogens (tertiary/aromatic N) is 2. The van der Waals surface area contributed by atoms with E-state index in [2.05, 4.69) is 28.6 Å². The van der Waals surface area contributed by atoms with Gasteiger partial charge in [0, 0.05) is 12.4 Å². The van der Waals surface area contributed by atoms with Crippen LogP contribution in [0.1, 0.15) is 18.4 Å². The SMILES string of the molecule is Cn1ncc2cc(CC3CCNCC3)ccc21. The second-order valence-corrected chi connectivity index (χ2v) is 5.06. The smallest absolute Gasteiger partial charge is 0.0679 e. The highest BCUT2D eigenvalue weighted by Gasteiger charge is 2.13. The largest absolute Gasteiger partial charge is 0.317 e. The maximum atomic E-state index is 4.29. The highest BCUT2D eigenvalue weighted by atomic mass is 15.2. The Hall–Kier alpha value is -1.35. The Morgan fingerprint density at radius 2 is 2.18 bits per heavy atom.